The number of rotatable bonds is 5. The van der Waals surface area contributed by atoms with Crippen LogP contribution in [0.5, 0.6) is 0 Å². The highest BCUT2D eigenvalue weighted by atomic mass is 16.5. The van der Waals surface area contributed by atoms with Gasteiger partial charge in [-0.25, -0.2) is 0 Å². The normalized spacial score (nSPS) is 31.9. The molecule has 0 amide bonds. The maximum Gasteiger partial charge on any atom is 0.0992 e. The summed E-state index contributed by atoms with van der Waals surface area (Å²) >= 11 is 0. The molecule has 0 spiro atoms. The Kier molecular flexibility index (Phi) is 5.43. The Bertz CT molecular complexity index is 507. The van der Waals surface area contributed by atoms with E-state index in [1.54, 1.807) is 0 Å². The van der Waals surface area contributed by atoms with Crippen molar-refractivity contribution in [2.75, 3.05) is 32.9 Å². The van der Waals surface area contributed by atoms with Gasteiger partial charge in [-0.15, -0.1) is 0 Å². The van der Waals surface area contributed by atoms with Crippen molar-refractivity contribution in [1.29, 1.82) is 0 Å². The van der Waals surface area contributed by atoms with Crippen LogP contribution in [0.3, 0.4) is 0 Å². The van der Waals surface area contributed by atoms with Crippen molar-refractivity contribution < 1.29 is 14.2 Å². The van der Waals surface area contributed by atoms with E-state index < -0.39 is 0 Å². The number of nitrogens with zero attached hydrogens (tertiary/aromatic N) is 2. The summed E-state index contributed by atoms with van der Waals surface area (Å²) in [7, 11) is 0. The Hall–Kier alpha value is -1.01. The van der Waals surface area contributed by atoms with Crippen molar-refractivity contribution in [3.05, 3.63) is 30.1 Å². The van der Waals surface area contributed by atoms with E-state index in [2.05, 4.69) is 9.88 Å². The monoisotopic (exact) mass is 332 g/mol. The van der Waals surface area contributed by atoms with Crippen molar-refractivity contribution in [2.45, 2.75) is 50.5 Å². The third kappa shape index (κ3) is 3.80. The molecule has 1 aliphatic carbocycles. The molecule has 3 heterocycles. The summed E-state index contributed by atoms with van der Waals surface area (Å²) in [4.78, 5) is 6.73. The van der Waals surface area contributed by atoms with Crippen LogP contribution in [0.15, 0.2) is 24.5 Å². The summed E-state index contributed by atoms with van der Waals surface area (Å²) in [5, 5.41) is 0. The zero-order valence-electron chi connectivity index (χ0n) is 14.3. The maximum atomic E-state index is 6.20. The molecule has 3 aliphatic rings. The molecule has 0 N–H and O–H groups in total. The molecule has 0 bridgehead atoms. The Balaban J connectivity index is 1.32. The van der Waals surface area contributed by atoms with Gasteiger partial charge in [0, 0.05) is 44.7 Å². The molecule has 132 valence electrons. The summed E-state index contributed by atoms with van der Waals surface area (Å²) < 4.78 is 17.8. The number of ether oxygens (including phenoxy) is 3. The van der Waals surface area contributed by atoms with Gasteiger partial charge in [0.2, 0.25) is 0 Å². The largest absolute Gasteiger partial charge is 0.381 e. The van der Waals surface area contributed by atoms with Gasteiger partial charge >= 0.3 is 0 Å². The number of morpholine rings is 1. The molecule has 5 nitrogen and oxygen atoms in total. The summed E-state index contributed by atoms with van der Waals surface area (Å²) in [5.41, 5.74) is 1.18. The Morgan fingerprint density at radius 1 is 1.08 bits per heavy atom. The number of fused-ring (bicyclic) bond motifs is 1. The molecule has 1 aromatic rings. The molecule has 24 heavy (non-hydrogen) atoms. The van der Waals surface area contributed by atoms with Crippen LogP contribution in [0, 0.1) is 5.92 Å². The molecule has 1 saturated carbocycles. The lowest BCUT2D eigenvalue weighted by Crippen LogP contribution is -2.53. The van der Waals surface area contributed by atoms with E-state index in [-0.39, 0.29) is 12.2 Å². The van der Waals surface area contributed by atoms with Gasteiger partial charge in [0.25, 0.3) is 0 Å². The molecule has 0 radical (unpaired) electrons. The first kappa shape index (κ1) is 16.5. The average Bonchev–Trinajstić information content (AvgIpc) is 3.06. The van der Waals surface area contributed by atoms with Crippen LogP contribution in [0.2, 0.25) is 0 Å². The molecule has 2 aliphatic heterocycles. The predicted molar refractivity (Wildman–Crippen MR) is 90.7 cm³/mol. The minimum absolute atomic E-state index is 0.223. The lowest BCUT2D eigenvalue weighted by atomic mass is 9.98. The molecular weight excluding hydrogens is 304 g/mol. The van der Waals surface area contributed by atoms with Gasteiger partial charge in [-0.2, -0.15) is 0 Å². The average molecular weight is 332 g/mol. The zero-order valence-corrected chi connectivity index (χ0v) is 14.3. The Morgan fingerprint density at radius 3 is 2.75 bits per heavy atom. The molecule has 0 aromatic carbocycles. The van der Waals surface area contributed by atoms with Gasteiger partial charge in [-0.05, 0) is 49.3 Å². The van der Waals surface area contributed by atoms with Crippen molar-refractivity contribution >= 4 is 0 Å². The maximum absolute atomic E-state index is 6.20. The van der Waals surface area contributed by atoms with Crippen LogP contribution >= 0.6 is 0 Å². The van der Waals surface area contributed by atoms with Crippen LogP contribution < -0.4 is 0 Å². The van der Waals surface area contributed by atoms with Gasteiger partial charge in [-0.3, -0.25) is 9.88 Å². The van der Waals surface area contributed by atoms with E-state index in [0.717, 1.165) is 38.7 Å². The van der Waals surface area contributed by atoms with Gasteiger partial charge in [0.1, 0.15) is 0 Å². The Morgan fingerprint density at radius 2 is 1.92 bits per heavy atom. The highest BCUT2D eigenvalue weighted by Gasteiger charge is 2.43. The second kappa shape index (κ2) is 7.91. The molecule has 3 fully saturated rings. The van der Waals surface area contributed by atoms with Crippen LogP contribution in [-0.4, -0.2) is 61.0 Å². The standard InChI is InChI=1S/C19H28N2O3/c1-2-18(24-14-16-3-7-20-8-4-16)19-17(1)21(9-12-23-19)13-15-5-10-22-11-6-15/h3-4,7-8,15,17-19H,1-2,5-6,9-14H2/t17-,18+,19+/m1/s1. The fraction of sp³-hybridized carbons (Fsp3) is 0.737. The van der Waals surface area contributed by atoms with Gasteiger partial charge in [0.05, 0.1) is 25.4 Å². The van der Waals surface area contributed by atoms with Crippen molar-refractivity contribution in [3.8, 4) is 0 Å². The van der Waals surface area contributed by atoms with Crippen molar-refractivity contribution in [3.63, 3.8) is 0 Å². The zero-order chi connectivity index (χ0) is 16.2. The fourth-order valence-corrected chi connectivity index (χ4v) is 4.34. The first-order chi connectivity index (χ1) is 11.9. The van der Waals surface area contributed by atoms with E-state index in [1.807, 2.05) is 24.5 Å². The molecule has 4 rings (SSSR count). The lowest BCUT2D eigenvalue weighted by Gasteiger charge is -2.41. The van der Waals surface area contributed by atoms with Crippen molar-refractivity contribution in [2.24, 2.45) is 5.92 Å². The fourth-order valence-electron chi connectivity index (χ4n) is 4.34. The molecule has 0 unspecified atom stereocenters. The minimum Gasteiger partial charge on any atom is -0.381 e. The molecule has 2 saturated heterocycles. The number of hydrogen-bond donors (Lipinski definition) is 0. The van der Waals surface area contributed by atoms with E-state index in [0.29, 0.717) is 12.6 Å². The van der Waals surface area contributed by atoms with E-state index in [1.165, 1.54) is 31.4 Å². The quantitative estimate of drug-likeness (QED) is 0.827. The predicted octanol–water partition coefficient (Wildman–Crippen LogP) is 2.26. The number of hydrogen-bond acceptors (Lipinski definition) is 5. The van der Waals surface area contributed by atoms with E-state index in [9.17, 15) is 0 Å². The second-order valence-electron chi connectivity index (χ2n) is 7.24. The molecule has 1 aromatic heterocycles. The highest BCUT2D eigenvalue weighted by molar-refractivity contribution is 5.08. The smallest absolute Gasteiger partial charge is 0.0992 e. The van der Waals surface area contributed by atoms with Gasteiger partial charge < -0.3 is 14.2 Å². The molecule has 5 heteroatoms. The molecule has 3 atom stereocenters. The Labute approximate surface area is 144 Å². The lowest BCUT2D eigenvalue weighted by molar-refractivity contribution is -0.120. The van der Waals surface area contributed by atoms with Gasteiger partial charge in [0.15, 0.2) is 0 Å². The first-order valence-corrected chi connectivity index (χ1v) is 9.34. The minimum atomic E-state index is 0.223. The topological polar surface area (TPSA) is 43.8 Å². The van der Waals surface area contributed by atoms with Crippen LogP contribution in [0.25, 0.3) is 0 Å². The number of aromatic nitrogens is 1. The summed E-state index contributed by atoms with van der Waals surface area (Å²) in [6.45, 7) is 5.61. The van der Waals surface area contributed by atoms with E-state index in [4.69, 9.17) is 14.2 Å². The van der Waals surface area contributed by atoms with E-state index >= 15 is 0 Å². The van der Waals surface area contributed by atoms with Gasteiger partial charge in [-0.1, -0.05) is 0 Å². The highest BCUT2D eigenvalue weighted by Crippen LogP contribution is 2.33. The van der Waals surface area contributed by atoms with Crippen LogP contribution in [-0.2, 0) is 20.8 Å². The number of pyridine rings is 1. The second-order valence-corrected chi connectivity index (χ2v) is 7.24. The summed E-state index contributed by atoms with van der Waals surface area (Å²) in [6.07, 6.45) is 8.81. The van der Waals surface area contributed by atoms with Crippen LogP contribution in [0.1, 0.15) is 31.2 Å². The third-order valence-electron chi connectivity index (χ3n) is 5.70. The SMILES string of the molecule is c1cc(CO[C@H]2CC[C@@H]3[C@@H]2OCCN3CC2CCOCC2)ccn1. The van der Waals surface area contributed by atoms with Crippen molar-refractivity contribution in [1.82, 2.24) is 9.88 Å². The molecular formula is C19H28N2O3. The summed E-state index contributed by atoms with van der Waals surface area (Å²) in [5.74, 6) is 0.786. The summed E-state index contributed by atoms with van der Waals surface area (Å²) in [6, 6.07) is 4.57. The van der Waals surface area contributed by atoms with Crippen LogP contribution in [0.4, 0.5) is 0 Å². The third-order valence-corrected chi connectivity index (χ3v) is 5.70. The first-order valence-electron chi connectivity index (χ1n) is 9.34.